The maximum Gasteiger partial charge on any atom is 0.238 e. The highest BCUT2D eigenvalue weighted by Gasteiger charge is 2.44. The first kappa shape index (κ1) is 16.0. The van der Waals surface area contributed by atoms with Crippen LogP contribution in [0.4, 0.5) is 0 Å². The summed E-state index contributed by atoms with van der Waals surface area (Å²) in [5.41, 5.74) is 1.21. The Morgan fingerprint density at radius 1 is 1.19 bits per heavy atom. The number of rotatable bonds is 6. The second-order valence-electron chi connectivity index (χ2n) is 6.14. The van der Waals surface area contributed by atoms with Gasteiger partial charge in [-0.2, -0.15) is 0 Å². The van der Waals surface area contributed by atoms with Crippen molar-refractivity contribution in [3.8, 4) is 0 Å². The highest BCUT2D eigenvalue weighted by Crippen LogP contribution is 2.47. The molecule has 5 heteroatoms. The number of amides is 1. The third-order valence-corrected chi connectivity index (χ3v) is 6.87. The first-order valence-electron chi connectivity index (χ1n) is 7.35. The van der Waals surface area contributed by atoms with E-state index in [1.165, 1.54) is 12.5 Å². The third kappa shape index (κ3) is 3.28. The van der Waals surface area contributed by atoms with Crippen LogP contribution in [-0.2, 0) is 20.0 Å². The van der Waals surface area contributed by atoms with Crippen LogP contribution in [0.5, 0.6) is 0 Å². The summed E-state index contributed by atoms with van der Waals surface area (Å²) in [6.07, 6.45) is 2.06. The Morgan fingerprint density at radius 2 is 1.76 bits per heavy atom. The molecule has 0 aromatic heterocycles. The van der Waals surface area contributed by atoms with Gasteiger partial charge in [-0.15, -0.1) is 0 Å². The zero-order valence-corrected chi connectivity index (χ0v) is 13.6. The number of carbonyl (C=O) groups excluding carboxylic acids is 1. The summed E-state index contributed by atoms with van der Waals surface area (Å²) in [5, 5.41) is 1.29. The van der Waals surface area contributed by atoms with Gasteiger partial charge in [-0.3, -0.25) is 4.79 Å². The van der Waals surface area contributed by atoms with Crippen LogP contribution in [0.15, 0.2) is 30.3 Å². The highest BCUT2D eigenvalue weighted by atomic mass is 32.2. The average molecular weight is 309 g/mol. The van der Waals surface area contributed by atoms with Crippen LogP contribution >= 0.6 is 0 Å². The predicted molar refractivity (Wildman–Crippen MR) is 83.9 cm³/mol. The smallest absolute Gasteiger partial charge is 0.238 e. The van der Waals surface area contributed by atoms with Gasteiger partial charge in [-0.05, 0) is 39.2 Å². The van der Waals surface area contributed by atoms with E-state index in [0.717, 1.165) is 12.8 Å². The van der Waals surface area contributed by atoms with Gasteiger partial charge in [-0.25, -0.2) is 8.42 Å². The molecule has 1 aromatic carbocycles. The Kier molecular flexibility index (Phi) is 4.42. The number of hydrogen-bond acceptors (Lipinski definition) is 3. The van der Waals surface area contributed by atoms with Gasteiger partial charge in [-0.1, -0.05) is 30.3 Å². The van der Waals surface area contributed by atoms with Crippen LogP contribution in [0.25, 0.3) is 0 Å². The van der Waals surface area contributed by atoms with Crippen molar-refractivity contribution in [1.29, 1.82) is 0 Å². The van der Waals surface area contributed by atoms with E-state index in [0.29, 0.717) is 6.54 Å². The molecule has 1 atom stereocenters. The summed E-state index contributed by atoms with van der Waals surface area (Å²) < 4.78 is 24.0. The zero-order chi connectivity index (χ0) is 15.7. The summed E-state index contributed by atoms with van der Waals surface area (Å²) in [6.45, 7) is 5.18. The number of carbonyl (C=O) groups is 1. The van der Waals surface area contributed by atoms with Crippen molar-refractivity contribution in [2.75, 3.05) is 6.54 Å². The number of benzene rings is 1. The second-order valence-corrected chi connectivity index (χ2v) is 8.97. The van der Waals surface area contributed by atoms with Gasteiger partial charge in [0.15, 0.2) is 9.84 Å². The Morgan fingerprint density at radius 3 is 2.24 bits per heavy atom. The Labute approximate surface area is 126 Å². The normalized spacial score (nSPS) is 18.3. The Balaban J connectivity index is 1.99. The number of sulfone groups is 1. The lowest BCUT2D eigenvalue weighted by molar-refractivity contribution is -0.120. The molecule has 0 spiro atoms. The lowest BCUT2D eigenvalue weighted by atomic mass is 9.96. The largest absolute Gasteiger partial charge is 0.354 e. The number of nitrogens with one attached hydrogen (secondary N) is 1. The maximum absolute atomic E-state index is 12.1. The summed E-state index contributed by atoms with van der Waals surface area (Å²) in [6, 6.07) is 10.1. The zero-order valence-electron chi connectivity index (χ0n) is 12.8. The molecule has 0 saturated heterocycles. The van der Waals surface area contributed by atoms with Gasteiger partial charge in [0, 0.05) is 12.0 Å². The predicted octanol–water partition coefficient (Wildman–Crippen LogP) is 2.05. The minimum atomic E-state index is -3.40. The molecular formula is C16H23NO3S. The fourth-order valence-corrected chi connectivity index (χ4v) is 3.67. The summed E-state index contributed by atoms with van der Waals surface area (Å²) in [7, 11) is -3.40. The molecule has 0 aliphatic heterocycles. The monoisotopic (exact) mass is 309 g/mol. The van der Waals surface area contributed by atoms with E-state index >= 15 is 0 Å². The van der Waals surface area contributed by atoms with Crippen molar-refractivity contribution >= 4 is 15.7 Å². The van der Waals surface area contributed by atoms with Crippen LogP contribution in [0.1, 0.15) is 39.2 Å². The Hall–Kier alpha value is -1.36. The molecule has 0 heterocycles. The van der Waals surface area contributed by atoms with Gasteiger partial charge in [0.1, 0.15) is 5.25 Å². The van der Waals surface area contributed by atoms with Crippen LogP contribution < -0.4 is 5.32 Å². The lowest BCUT2D eigenvalue weighted by Gasteiger charge is -2.20. The van der Waals surface area contributed by atoms with Gasteiger partial charge in [0.2, 0.25) is 5.91 Å². The van der Waals surface area contributed by atoms with Crippen molar-refractivity contribution in [2.45, 2.75) is 49.5 Å². The summed E-state index contributed by atoms with van der Waals surface area (Å²) in [4.78, 5) is 12.1. The molecule has 1 saturated carbocycles. The standard InChI is InChI=1S/C16H23NO3S/c1-12(2)21(19,20)13(3)15(18)17-11-16(9-10-16)14-7-5-4-6-8-14/h4-8,12-13H,9-11H2,1-3H3,(H,17,18)/t13-/m0/s1. The summed E-state index contributed by atoms with van der Waals surface area (Å²) in [5.74, 6) is -0.397. The second kappa shape index (κ2) is 5.79. The highest BCUT2D eigenvalue weighted by molar-refractivity contribution is 7.93. The van der Waals surface area contributed by atoms with E-state index in [2.05, 4.69) is 17.4 Å². The molecule has 116 valence electrons. The third-order valence-electron chi connectivity index (χ3n) is 4.36. The minimum Gasteiger partial charge on any atom is -0.354 e. The molecule has 0 radical (unpaired) electrons. The van der Waals surface area contributed by atoms with Gasteiger partial charge >= 0.3 is 0 Å². The molecule has 1 fully saturated rings. The molecule has 1 amide bonds. The van der Waals surface area contributed by atoms with E-state index in [4.69, 9.17) is 0 Å². The van der Waals surface area contributed by atoms with Crippen LogP contribution in [0.3, 0.4) is 0 Å². The molecule has 2 rings (SSSR count). The quantitative estimate of drug-likeness (QED) is 0.874. The molecule has 1 aliphatic carbocycles. The molecule has 1 aliphatic rings. The van der Waals surface area contributed by atoms with E-state index in [9.17, 15) is 13.2 Å². The molecule has 1 N–H and O–H groups in total. The molecular weight excluding hydrogens is 286 g/mol. The van der Waals surface area contributed by atoms with Crippen molar-refractivity contribution < 1.29 is 13.2 Å². The van der Waals surface area contributed by atoms with Crippen LogP contribution in [0.2, 0.25) is 0 Å². The van der Waals surface area contributed by atoms with E-state index in [-0.39, 0.29) is 5.41 Å². The summed E-state index contributed by atoms with van der Waals surface area (Å²) >= 11 is 0. The van der Waals surface area contributed by atoms with Crippen molar-refractivity contribution in [3.63, 3.8) is 0 Å². The maximum atomic E-state index is 12.1. The van der Waals surface area contributed by atoms with Crippen molar-refractivity contribution in [1.82, 2.24) is 5.32 Å². The topological polar surface area (TPSA) is 63.2 Å². The van der Waals surface area contributed by atoms with Crippen molar-refractivity contribution in [2.24, 2.45) is 0 Å². The fraction of sp³-hybridized carbons (Fsp3) is 0.562. The van der Waals surface area contributed by atoms with Crippen molar-refractivity contribution in [3.05, 3.63) is 35.9 Å². The molecule has 4 nitrogen and oxygen atoms in total. The van der Waals surface area contributed by atoms with Crippen LogP contribution in [0, 0.1) is 0 Å². The van der Waals surface area contributed by atoms with Gasteiger partial charge in [0.25, 0.3) is 0 Å². The average Bonchev–Trinajstić information content (AvgIpc) is 3.26. The first-order chi connectivity index (χ1) is 9.79. The SMILES string of the molecule is CC(C)S(=O)(=O)[C@@H](C)C(=O)NCC1(c2ccccc2)CC1. The lowest BCUT2D eigenvalue weighted by Crippen LogP contribution is -2.43. The molecule has 0 unspecified atom stereocenters. The van der Waals surface area contributed by atoms with E-state index in [1.807, 2.05) is 18.2 Å². The number of hydrogen-bond donors (Lipinski definition) is 1. The molecule has 21 heavy (non-hydrogen) atoms. The van der Waals surface area contributed by atoms with Gasteiger partial charge < -0.3 is 5.32 Å². The minimum absolute atomic E-state index is 0.00175. The Bertz CT molecular complexity index is 604. The van der Waals surface area contributed by atoms with E-state index < -0.39 is 26.2 Å². The van der Waals surface area contributed by atoms with Crippen LogP contribution in [-0.4, -0.2) is 31.4 Å². The van der Waals surface area contributed by atoms with E-state index in [1.54, 1.807) is 13.8 Å². The fourth-order valence-electron chi connectivity index (χ4n) is 2.47. The molecule has 1 aromatic rings. The van der Waals surface area contributed by atoms with Gasteiger partial charge in [0.05, 0.1) is 5.25 Å². The first-order valence-corrected chi connectivity index (χ1v) is 8.96. The molecule has 0 bridgehead atoms.